The lowest BCUT2D eigenvalue weighted by atomic mass is 10.0. The minimum absolute atomic E-state index is 0.702. The van der Waals surface area contributed by atoms with Gasteiger partial charge in [0.25, 0.3) is 0 Å². The number of nitrogen functional groups attached to an aromatic ring is 1. The summed E-state index contributed by atoms with van der Waals surface area (Å²) in [5, 5.41) is 1.06. The SMILES string of the molecule is Nc1cccc2c(-c3cccnc3)ccnc12. The summed E-state index contributed by atoms with van der Waals surface area (Å²) >= 11 is 0. The van der Waals surface area contributed by atoms with E-state index >= 15 is 0 Å². The highest BCUT2D eigenvalue weighted by molar-refractivity contribution is 5.99. The van der Waals surface area contributed by atoms with Crippen LogP contribution in [-0.4, -0.2) is 9.97 Å². The Kier molecular flexibility index (Phi) is 2.22. The van der Waals surface area contributed by atoms with Crippen molar-refractivity contribution in [2.24, 2.45) is 0 Å². The second-order valence-corrected chi connectivity index (χ2v) is 3.84. The van der Waals surface area contributed by atoms with E-state index in [9.17, 15) is 0 Å². The molecule has 0 aliphatic rings. The number of rotatable bonds is 1. The summed E-state index contributed by atoms with van der Waals surface area (Å²) in [6.07, 6.45) is 5.39. The van der Waals surface area contributed by atoms with Crippen LogP contribution in [-0.2, 0) is 0 Å². The van der Waals surface area contributed by atoms with E-state index < -0.39 is 0 Å². The number of hydrogen-bond donors (Lipinski definition) is 1. The van der Waals surface area contributed by atoms with Gasteiger partial charge in [-0.1, -0.05) is 18.2 Å². The van der Waals surface area contributed by atoms with Crippen molar-refractivity contribution in [3.63, 3.8) is 0 Å². The third kappa shape index (κ3) is 1.61. The van der Waals surface area contributed by atoms with Crippen molar-refractivity contribution in [3.8, 4) is 11.1 Å². The molecule has 2 N–H and O–H groups in total. The molecule has 0 spiro atoms. The van der Waals surface area contributed by atoms with Gasteiger partial charge in [0.2, 0.25) is 0 Å². The van der Waals surface area contributed by atoms with Gasteiger partial charge in [-0.15, -0.1) is 0 Å². The van der Waals surface area contributed by atoms with Crippen molar-refractivity contribution in [2.45, 2.75) is 0 Å². The first-order chi connectivity index (χ1) is 8.36. The normalized spacial score (nSPS) is 10.6. The molecule has 0 amide bonds. The first-order valence-electron chi connectivity index (χ1n) is 5.40. The molecule has 3 aromatic rings. The van der Waals surface area contributed by atoms with Crippen LogP contribution in [0.4, 0.5) is 5.69 Å². The predicted molar refractivity (Wildman–Crippen MR) is 69.4 cm³/mol. The molecule has 1 aromatic carbocycles. The Hall–Kier alpha value is -2.42. The molecule has 3 rings (SSSR count). The molecule has 0 aliphatic carbocycles. The van der Waals surface area contributed by atoms with Crippen LogP contribution in [0.2, 0.25) is 0 Å². The zero-order valence-electron chi connectivity index (χ0n) is 9.17. The molecular weight excluding hydrogens is 210 g/mol. The quantitative estimate of drug-likeness (QED) is 0.643. The van der Waals surface area contributed by atoms with Gasteiger partial charge >= 0.3 is 0 Å². The van der Waals surface area contributed by atoms with Crippen molar-refractivity contribution in [3.05, 3.63) is 55.0 Å². The standard InChI is InChI=1S/C14H11N3/c15-13-5-1-4-12-11(6-8-17-14(12)13)10-3-2-7-16-9-10/h1-9H,15H2. The minimum Gasteiger partial charge on any atom is -0.397 e. The van der Waals surface area contributed by atoms with Crippen LogP contribution in [0.3, 0.4) is 0 Å². The molecule has 2 aromatic heterocycles. The van der Waals surface area contributed by atoms with Gasteiger partial charge in [0.15, 0.2) is 0 Å². The Morgan fingerprint density at radius 2 is 1.88 bits per heavy atom. The summed E-state index contributed by atoms with van der Waals surface area (Å²) in [6, 6.07) is 11.8. The average molecular weight is 221 g/mol. The summed E-state index contributed by atoms with van der Waals surface area (Å²) in [6.45, 7) is 0. The van der Waals surface area contributed by atoms with E-state index in [1.54, 1.807) is 12.4 Å². The molecule has 3 heteroatoms. The first-order valence-corrected chi connectivity index (χ1v) is 5.40. The molecule has 3 nitrogen and oxygen atoms in total. The Labute approximate surface area is 98.9 Å². The number of fused-ring (bicyclic) bond motifs is 1. The van der Waals surface area contributed by atoms with Crippen LogP contribution < -0.4 is 5.73 Å². The van der Waals surface area contributed by atoms with E-state index in [1.165, 1.54) is 0 Å². The van der Waals surface area contributed by atoms with Gasteiger partial charge in [0, 0.05) is 29.5 Å². The first kappa shape index (κ1) is 9.78. The lowest BCUT2D eigenvalue weighted by Crippen LogP contribution is -1.91. The molecule has 0 bridgehead atoms. The van der Waals surface area contributed by atoms with Crippen LogP contribution in [0.5, 0.6) is 0 Å². The maximum absolute atomic E-state index is 5.93. The van der Waals surface area contributed by atoms with Gasteiger partial charge in [-0.2, -0.15) is 0 Å². The van der Waals surface area contributed by atoms with Gasteiger partial charge in [0.1, 0.15) is 0 Å². The fourth-order valence-corrected chi connectivity index (χ4v) is 1.97. The number of pyridine rings is 2. The van der Waals surface area contributed by atoms with Crippen LogP contribution in [0.1, 0.15) is 0 Å². The second-order valence-electron chi connectivity index (χ2n) is 3.84. The van der Waals surface area contributed by atoms with Gasteiger partial charge < -0.3 is 5.73 Å². The van der Waals surface area contributed by atoms with Crippen molar-refractivity contribution < 1.29 is 0 Å². The van der Waals surface area contributed by atoms with E-state index in [0.717, 1.165) is 22.0 Å². The minimum atomic E-state index is 0.702. The predicted octanol–water partition coefficient (Wildman–Crippen LogP) is 2.88. The second kappa shape index (κ2) is 3.87. The molecule has 0 aliphatic heterocycles. The average Bonchev–Trinajstić information content (AvgIpc) is 2.40. The number of nitrogens with two attached hydrogens (primary N) is 1. The third-order valence-corrected chi connectivity index (χ3v) is 2.77. The highest BCUT2D eigenvalue weighted by Gasteiger charge is 2.05. The molecule has 17 heavy (non-hydrogen) atoms. The highest BCUT2D eigenvalue weighted by atomic mass is 14.7. The lowest BCUT2D eigenvalue weighted by Gasteiger charge is -2.07. The van der Waals surface area contributed by atoms with Gasteiger partial charge in [0.05, 0.1) is 11.2 Å². The fraction of sp³-hybridized carbons (Fsp3) is 0. The van der Waals surface area contributed by atoms with Crippen molar-refractivity contribution in [1.29, 1.82) is 0 Å². The Balaban J connectivity index is 2.35. The smallest absolute Gasteiger partial charge is 0.0937 e. The molecule has 0 unspecified atom stereocenters. The molecule has 0 saturated heterocycles. The van der Waals surface area contributed by atoms with Crippen molar-refractivity contribution in [1.82, 2.24) is 9.97 Å². The largest absolute Gasteiger partial charge is 0.397 e. The van der Waals surface area contributed by atoms with Crippen LogP contribution in [0.25, 0.3) is 22.0 Å². The number of benzene rings is 1. The number of para-hydroxylation sites is 1. The molecule has 0 radical (unpaired) electrons. The maximum Gasteiger partial charge on any atom is 0.0937 e. The third-order valence-electron chi connectivity index (χ3n) is 2.77. The van der Waals surface area contributed by atoms with Crippen molar-refractivity contribution >= 4 is 16.6 Å². The summed E-state index contributed by atoms with van der Waals surface area (Å²) < 4.78 is 0. The van der Waals surface area contributed by atoms with Gasteiger partial charge in [-0.25, -0.2) is 0 Å². The fourth-order valence-electron chi connectivity index (χ4n) is 1.97. The molecular formula is C14H11N3. The summed E-state index contributed by atoms with van der Waals surface area (Å²) in [5.74, 6) is 0. The Morgan fingerprint density at radius 3 is 2.71 bits per heavy atom. The number of nitrogens with zero attached hydrogens (tertiary/aromatic N) is 2. The Bertz CT molecular complexity index is 663. The van der Waals surface area contributed by atoms with E-state index in [2.05, 4.69) is 9.97 Å². The summed E-state index contributed by atoms with van der Waals surface area (Å²) in [4.78, 5) is 8.46. The van der Waals surface area contributed by atoms with E-state index in [4.69, 9.17) is 5.73 Å². The van der Waals surface area contributed by atoms with E-state index in [1.807, 2.05) is 42.6 Å². The molecule has 82 valence electrons. The van der Waals surface area contributed by atoms with Gasteiger partial charge in [-0.3, -0.25) is 9.97 Å². The van der Waals surface area contributed by atoms with Crippen molar-refractivity contribution in [2.75, 3.05) is 5.73 Å². The monoisotopic (exact) mass is 221 g/mol. The summed E-state index contributed by atoms with van der Waals surface area (Å²) in [7, 11) is 0. The van der Waals surface area contributed by atoms with Crippen LogP contribution in [0.15, 0.2) is 55.0 Å². The molecule has 2 heterocycles. The maximum atomic E-state index is 5.93. The zero-order valence-corrected chi connectivity index (χ0v) is 9.17. The highest BCUT2D eigenvalue weighted by Crippen LogP contribution is 2.28. The number of anilines is 1. The van der Waals surface area contributed by atoms with Crippen LogP contribution in [0, 0.1) is 0 Å². The van der Waals surface area contributed by atoms with Crippen LogP contribution >= 0.6 is 0 Å². The number of hydrogen-bond acceptors (Lipinski definition) is 3. The molecule has 0 fully saturated rings. The molecule has 0 saturated carbocycles. The Morgan fingerprint density at radius 1 is 0.941 bits per heavy atom. The molecule has 0 atom stereocenters. The topological polar surface area (TPSA) is 51.8 Å². The summed E-state index contributed by atoms with van der Waals surface area (Å²) in [5.41, 5.74) is 9.65. The van der Waals surface area contributed by atoms with Gasteiger partial charge in [-0.05, 0) is 23.8 Å². The lowest BCUT2D eigenvalue weighted by molar-refractivity contribution is 1.33. The number of aromatic nitrogens is 2. The van der Waals surface area contributed by atoms with E-state index in [-0.39, 0.29) is 0 Å². The zero-order chi connectivity index (χ0) is 11.7. The van der Waals surface area contributed by atoms with E-state index in [0.29, 0.717) is 5.69 Å².